The van der Waals surface area contributed by atoms with Crippen molar-refractivity contribution in [3.05, 3.63) is 65.4 Å². The lowest BCUT2D eigenvalue weighted by Crippen LogP contribution is -2.14. The number of benzene rings is 2. The number of halogens is 1. The highest BCUT2D eigenvalue weighted by molar-refractivity contribution is 7.13. The van der Waals surface area contributed by atoms with Gasteiger partial charge in [-0.1, -0.05) is 0 Å². The largest absolute Gasteiger partial charge is 0.332 e. The number of anilines is 4. The number of nitrogens with zero attached hydrogens (tertiary/aromatic N) is 1. The van der Waals surface area contributed by atoms with Crippen molar-refractivity contribution in [2.45, 2.75) is 13.3 Å². The van der Waals surface area contributed by atoms with Crippen LogP contribution < -0.4 is 16.0 Å². The molecule has 0 saturated heterocycles. The predicted octanol–water partition coefficient (Wildman–Crippen LogP) is 4.17. The molecule has 27 heavy (non-hydrogen) atoms. The van der Waals surface area contributed by atoms with Gasteiger partial charge in [-0.3, -0.25) is 9.59 Å². The molecule has 0 aliphatic carbocycles. The molecule has 3 rings (SSSR count). The second kappa shape index (κ2) is 8.41. The first-order valence-corrected chi connectivity index (χ1v) is 9.00. The first kappa shape index (κ1) is 18.5. The van der Waals surface area contributed by atoms with E-state index in [1.54, 1.807) is 41.8 Å². The molecule has 6 nitrogen and oxygen atoms in total. The Balaban J connectivity index is 1.54. The highest BCUT2D eigenvalue weighted by Crippen LogP contribution is 2.22. The summed E-state index contributed by atoms with van der Waals surface area (Å²) in [7, 11) is 0. The minimum absolute atomic E-state index is 0.134. The molecule has 0 spiro atoms. The van der Waals surface area contributed by atoms with Crippen LogP contribution >= 0.6 is 11.3 Å². The number of nitrogens with one attached hydrogen (secondary N) is 3. The summed E-state index contributed by atoms with van der Waals surface area (Å²) in [5.41, 5.74) is 2.66. The Morgan fingerprint density at radius 2 is 1.56 bits per heavy atom. The normalized spacial score (nSPS) is 10.3. The van der Waals surface area contributed by atoms with Crippen molar-refractivity contribution in [2.75, 3.05) is 16.0 Å². The van der Waals surface area contributed by atoms with Crippen LogP contribution in [0.25, 0.3) is 0 Å². The number of hydrogen-bond acceptors (Lipinski definition) is 5. The molecule has 0 saturated carbocycles. The number of thiazole rings is 1. The summed E-state index contributed by atoms with van der Waals surface area (Å²) >= 11 is 1.37. The Morgan fingerprint density at radius 3 is 2.19 bits per heavy atom. The maximum Gasteiger partial charge on any atom is 0.230 e. The first-order valence-electron chi connectivity index (χ1n) is 8.12. The predicted molar refractivity (Wildman–Crippen MR) is 105 cm³/mol. The van der Waals surface area contributed by atoms with Gasteiger partial charge >= 0.3 is 0 Å². The van der Waals surface area contributed by atoms with Gasteiger partial charge in [-0.2, -0.15) is 0 Å². The quantitative estimate of drug-likeness (QED) is 0.596. The second-order valence-corrected chi connectivity index (χ2v) is 6.62. The molecule has 0 unspecified atom stereocenters. The molecule has 0 aliphatic rings. The third-order valence-corrected chi connectivity index (χ3v) is 4.28. The van der Waals surface area contributed by atoms with E-state index in [0.29, 0.717) is 22.2 Å². The van der Waals surface area contributed by atoms with Crippen LogP contribution in [0.5, 0.6) is 0 Å². The fraction of sp³-hybridized carbons (Fsp3) is 0.105. The van der Waals surface area contributed by atoms with E-state index in [-0.39, 0.29) is 24.1 Å². The van der Waals surface area contributed by atoms with Crippen molar-refractivity contribution in [3.63, 3.8) is 0 Å². The van der Waals surface area contributed by atoms with Gasteiger partial charge in [0.25, 0.3) is 0 Å². The summed E-state index contributed by atoms with van der Waals surface area (Å²) in [4.78, 5) is 27.5. The van der Waals surface area contributed by atoms with Gasteiger partial charge in [0.1, 0.15) is 5.82 Å². The Bertz CT molecular complexity index is 939. The SMILES string of the molecule is CC(=O)Nc1ccc(NC(=O)Cc2csc(Nc3ccc(F)cc3)n2)cc1. The average Bonchev–Trinajstić information content (AvgIpc) is 3.05. The van der Waals surface area contributed by atoms with Crippen LogP contribution in [0.2, 0.25) is 0 Å². The zero-order valence-electron chi connectivity index (χ0n) is 14.5. The zero-order chi connectivity index (χ0) is 19.2. The molecule has 3 N–H and O–H groups in total. The zero-order valence-corrected chi connectivity index (χ0v) is 15.3. The maximum absolute atomic E-state index is 12.9. The van der Waals surface area contributed by atoms with E-state index < -0.39 is 0 Å². The van der Waals surface area contributed by atoms with Crippen molar-refractivity contribution in [1.29, 1.82) is 0 Å². The molecule has 2 amide bonds. The van der Waals surface area contributed by atoms with E-state index in [1.165, 1.54) is 30.4 Å². The van der Waals surface area contributed by atoms with E-state index in [0.717, 1.165) is 5.69 Å². The van der Waals surface area contributed by atoms with E-state index in [1.807, 2.05) is 0 Å². The van der Waals surface area contributed by atoms with Crippen LogP contribution in [0, 0.1) is 5.82 Å². The van der Waals surface area contributed by atoms with E-state index in [9.17, 15) is 14.0 Å². The number of carbonyl (C=O) groups excluding carboxylic acids is 2. The molecular weight excluding hydrogens is 367 g/mol. The average molecular weight is 384 g/mol. The van der Waals surface area contributed by atoms with E-state index >= 15 is 0 Å². The molecule has 0 bridgehead atoms. The van der Waals surface area contributed by atoms with Gasteiger partial charge in [-0.05, 0) is 48.5 Å². The van der Waals surface area contributed by atoms with Crippen molar-refractivity contribution < 1.29 is 14.0 Å². The lowest BCUT2D eigenvalue weighted by molar-refractivity contribution is -0.116. The molecule has 1 aromatic heterocycles. The molecule has 0 atom stereocenters. The number of amides is 2. The van der Waals surface area contributed by atoms with Gasteiger partial charge in [0, 0.05) is 29.4 Å². The number of rotatable bonds is 6. The minimum atomic E-state index is -0.304. The van der Waals surface area contributed by atoms with Gasteiger partial charge < -0.3 is 16.0 Å². The first-order chi connectivity index (χ1) is 13.0. The minimum Gasteiger partial charge on any atom is -0.332 e. The van der Waals surface area contributed by atoms with Crippen molar-refractivity contribution in [2.24, 2.45) is 0 Å². The van der Waals surface area contributed by atoms with Crippen LogP contribution in [0.3, 0.4) is 0 Å². The highest BCUT2D eigenvalue weighted by atomic mass is 32.1. The molecule has 2 aromatic carbocycles. The van der Waals surface area contributed by atoms with Crippen LogP contribution in [0.4, 0.5) is 26.6 Å². The monoisotopic (exact) mass is 384 g/mol. The van der Waals surface area contributed by atoms with Crippen molar-refractivity contribution in [1.82, 2.24) is 4.98 Å². The molecular formula is C19H17FN4O2S. The van der Waals surface area contributed by atoms with Crippen molar-refractivity contribution in [3.8, 4) is 0 Å². The Labute approximate surface area is 159 Å². The van der Waals surface area contributed by atoms with Gasteiger partial charge in [-0.25, -0.2) is 9.37 Å². The molecule has 3 aromatic rings. The van der Waals surface area contributed by atoms with Crippen molar-refractivity contribution >= 4 is 45.3 Å². The molecule has 0 fully saturated rings. The van der Waals surface area contributed by atoms with E-state index in [4.69, 9.17) is 0 Å². The lowest BCUT2D eigenvalue weighted by atomic mass is 10.2. The second-order valence-electron chi connectivity index (χ2n) is 5.76. The molecule has 8 heteroatoms. The van der Waals surface area contributed by atoms with E-state index in [2.05, 4.69) is 20.9 Å². The van der Waals surface area contributed by atoms with Gasteiger partial charge in [0.2, 0.25) is 11.8 Å². The smallest absolute Gasteiger partial charge is 0.230 e. The number of hydrogen-bond donors (Lipinski definition) is 3. The third kappa shape index (κ3) is 5.61. The number of aromatic nitrogens is 1. The summed E-state index contributed by atoms with van der Waals surface area (Å²) < 4.78 is 12.9. The third-order valence-electron chi connectivity index (χ3n) is 3.48. The summed E-state index contributed by atoms with van der Waals surface area (Å²) in [6.07, 6.45) is 0.134. The maximum atomic E-state index is 12.9. The van der Waals surface area contributed by atoms with Crippen LogP contribution in [0.15, 0.2) is 53.9 Å². The number of carbonyl (C=O) groups is 2. The molecule has 138 valence electrons. The van der Waals surface area contributed by atoms with Crippen LogP contribution in [0.1, 0.15) is 12.6 Å². The standard InChI is InChI=1S/C19H17FN4O2S/c1-12(25)21-14-6-8-15(9-7-14)22-18(26)10-17-11-27-19(24-17)23-16-4-2-13(20)3-5-16/h2-9,11H,10H2,1H3,(H,21,25)(H,22,26)(H,23,24). The fourth-order valence-electron chi connectivity index (χ4n) is 2.31. The van der Waals surface area contributed by atoms with Gasteiger partial charge in [0.05, 0.1) is 12.1 Å². The molecule has 0 radical (unpaired) electrons. The highest BCUT2D eigenvalue weighted by Gasteiger charge is 2.09. The summed E-state index contributed by atoms with van der Waals surface area (Å²) in [5.74, 6) is -0.650. The molecule has 0 aliphatic heterocycles. The lowest BCUT2D eigenvalue weighted by Gasteiger charge is -2.06. The summed E-state index contributed by atoms with van der Waals surface area (Å²) in [6.45, 7) is 1.43. The summed E-state index contributed by atoms with van der Waals surface area (Å²) in [6, 6.07) is 12.8. The summed E-state index contributed by atoms with van der Waals surface area (Å²) in [5, 5.41) is 10.9. The molecule has 1 heterocycles. The van der Waals surface area contributed by atoms with Crippen LogP contribution in [-0.4, -0.2) is 16.8 Å². The fourth-order valence-corrected chi connectivity index (χ4v) is 3.04. The Morgan fingerprint density at radius 1 is 0.963 bits per heavy atom. The van der Waals surface area contributed by atoms with Gasteiger partial charge in [-0.15, -0.1) is 11.3 Å². The van der Waals surface area contributed by atoms with Crippen LogP contribution in [-0.2, 0) is 16.0 Å². The Kier molecular flexibility index (Phi) is 5.77. The Hall–Kier alpha value is -3.26. The van der Waals surface area contributed by atoms with Gasteiger partial charge in [0.15, 0.2) is 5.13 Å². The topological polar surface area (TPSA) is 83.1 Å².